The van der Waals surface area contributed by atoms with E-state index in [9.17, 15) is 15.1 Å². The lowest BCUT2D eigenvalue weighted by atomic mass is 9.76. The molecule has 0 aromatic heterocycles. The third-order valence-electron chi connectivity index (χ3n) is 12.7. The zero-order valence-corrected chi connectivity index (χ0v) is 32.0. The molecule has 13 rings (SSSR count). The third-order valence-corrected chi connectivity index (χ3v) is 12.7. The van der Waals surface area contributed by atoms with E-state index in [1.165, 1.54) is 6.07 Å². The molecule has 0 amide bonds. The van der Waals surface area contributed by atoms with E-state index in [0.29, 0.717) is 22.3 Å². The van der Waals surface area contributed by atoms with Gasteiger partial charge in [0.2, 0.25) is 0 Å². The molecule has 12 aromatic rings. The van der Waals surface area contributed by atoms with Crippen molar-refractivity contribution < 1.29 is 23.3 Å². The van der Waals surface area contributed by atoms with Crippen LogP contribution >= 0.6 is 0 Å². The molecule has 0 saturated carbocycles. The maximum Gasteiger partial charge on any atom is 0.0633 e. The van der Waals surface area contributed by atoms with E-state index >= 15 is 0 Å². The number of fused-ring (bicyclic) bond motifs is 3. The molecule has 1 unspecified atom stereocenters. The van der Waals surface area contributed by atoms with Gasteiger partial charge in [-0.05, 0) is 156 Å². The normalized spacial score (nSPS) is 19.4. The summed E-state index contributed by atoms with van der Waals surface area (Å²) in [5, 5.41) is 11.0. The molecule has 0 heteroatoms. The van der Waals surface area contributed by atoms with Crippen LogP contribution in [0.15, 0.2) is 194 Å². The maximum atomic E-state index is 10.4. The molecule has 1 aliphatic carbocycles. The fraction of sp³-hybridized carbons (Fsp3) is 0.0667. The summed E-state index contributed by atoms with van der Waals surface area (Å²) >= 11 is 0. The Bertz CT molecular complexity index is 4550. The average molecular weight is 778 g/mol. The number of rotatable bonds is 5. The second kappa shape index (κ2) is 12.4. The SMILES string of the molecule is [2H]c1c([2H])c([2H])c(-c2cc(-c3c([2H])c([2H])c4c(c3[2H])C(C([2H])([2H])[2H])(C([2H])([2H])C)c3c([2H])c([2H])c([2H])c([2H])c3-4)c(-c3ccc4ccc5cccc6ccc3c4c56)cc2-c2ccc3ccc4cccc5ccc2c3c45)c([2H])c1[2H]. The smallest absolute Gasteiger partial charge is 0.0633 e. The van der Waals surface area contributed by atoms with Crippen LogP contribution in [0, 0.1) is 0 Å². The Kier molecular flexibility index (Phi) is 4.35. The van der Waals surface area contributed by atoms with Crippen molar-refractivity contribution in [2.75, 3.05) is 0 Å². The summed E-state index contributed by atoms with van der Waals surface area (Å²) < 4.78 is 158. The predicted octanol–water partition coefficient (Wildman–Crippen LogP) is 16.8. The van der Waals surface area contributed by atoms with Gasteiger partial charge in [-0.2, -0.15) is 0 Å². The van der Waals surface area contributed by atoms with Gasteiger partial charge in [-0.1, -0.05) is 189 Å². The van der Waals surface area contributed by atoms with Crippen molar-refractivity contribution in [2.45, 2.75) is 25.6 Å². The van der Waals surface area contributed by atoms with Crippen molar-refractivity contribution in [1.82, 2.24) is 0 Å². The van der Waals surface area contributed by atoms with E-state index in [-0.39, 0.29) is 22.3 Å². The highest BCUT2D eigenvalue weighted by molar-refractivity contribution is 6.27. The van der Waals surface area contributed by atoms with E-state index in [0.717, 1.165) is 71.6 Å². The standard InChI is InChI=1S/C60H40/c1-3-60(2)54-18-8-7-17-46(54)47-30-27-43(33-55(47)60)51-34-50(36-11-5-4-6-12-36)52(44-28-23-41-21-19-37-13-9-15-39-25-31-48(44)58(41)56(37)39)35-53(51)45-29-24-42-22-20-38-14-10-16-40-26-32-49(45)59(42)57(38)40/h4-35H,3H2,1-2H3/i2D3,3D2,4D,5D,6D,7D,8D,11D,12D,17D,18D,27D,30D,33D. The first-order valence-electron chi connectivity index (χ1n) is 28.4. The van der Waals surface area contributed by atoms with Gasteiger partial charge in [0.25, 0.3) is 0 Å². The molecule has 1 atom stereocenters. The van der Waals surface area contributed by atoms with Crippen molar-refractivity contribution >= 4 is 64.6 Å². The Morgan fingerprint density at radius 2 is 0.900 bits per heavy atom. The first-order chi connectivity index (χ1) is 36.5. The second-order valence-electron chi connectivity index (χ2n) is 15.6. The molecular formula is C60H40. The first-order valence-corrected chi connectivity index (χ1v) is 19.9. The minimum atomic E-state index is -3.49. The zero-order valence-electron chi connectivity index (χ0n) is 49.0. The van der Waals surface area contributed by atoms with E-state index in [1.807, 2.05) is 109 Å². The molecule has 12 aromatic carbocycles. The molecular weight excluding hydrogens is 721 g/mol. The fourth-order valence-corrected chi connectivity index (χ4v) is 9.95. The summed E-state index contributed by atoms with van der Waals surface area (Å²) in [4.78, 5) is 0. The van der Waals surface area contributed by atoms with Crippen molar-refractivity contribution in [1.29, 1.82) is 0 Å². The lowest BCUT2D eigenvalue weighted by Crippen LogP contribution is -2.19. The molecule has 0 aliphatic heterocycles. The van der Waals surface area contributed by atoms with Crippen LogP contribution in [0.4, 0.5) is 0 Å². The van der Waals surface area contributed by atoms with Crippen LogP contribution in [0.5, 0.6) is 0 Å². The topological polar surface area (TPSA) is 0 Å². The number of hydrogen-bond acceptors (Lipinski definition) is 0. The van der Waals surface area contributed by atoms with Crippen LogP contribution in [-0.2, 0) is 5.41 Å². The van der Waals surface area contributed by atoms with Crippen molar-refractivity contribution in [3.05, 3.63) is 205 Å². The minimum Gasteiger partial charge on any atom is -0.0642 e. The minimum absolute atomic E-state index is 0.00113. The lowest BCUT2D eigenvalue weighted by Gasteiger charge is -2.26. The highest BCUT2D eigenvalue weighted by atomic mass is 14.4. The molecule has 1 aliphatic rings. The Hall–Kier alpha value is -7.28. The monoisotopic (exact) mass is 777 g/mol. The van der Waals surface area contributed by atoms with E-state index in [1.54, 1.807) is 6.07 Å². The van der Waals surface area contributed by atoms with Gasteiger partial charge in [-0.15, -0.1) is 0 Å². The third kappa shape index (κ3) is 4.57. The fourth-order valence-electron chi connectivity index (χ4n) is 9.95. The summed E-state index contributed by atoms with van der Waals surface area (Å²) in [5.74, 6) is 0. The molecule has 0 fully saturated rings. The first kappa shape index (κ1) is 21.1. The molecule has 0 bridgehead atoms. The highest BCUT2D eigenvalue weighted by Crippen LogP contribution is 2.53. The Morgan fingerprint density at radius 1 is 0.417 bits per heavy atom. The molecule has 0 nitrogen and oxygen atoms in total. The largest absolute Gasteiger partial charge is 0.0642 e. The van der Waals surface area contributed by atoms with Gasteiger partial charge in [0, 0.05) is 12.3 Å². The van der Waals surface area contributed by atoms with E-state index < -0.39 is 113 Å². The van der Waals surface area contributed by atoms with Crippen LogP contribution in [0.2, 0.25) is 0 Å². The highest BCUT2D eigenvalue weighted by Gasteiger charge is 2.38. The summed E-state index contributed by atoms with van der Waals surface area (Å²) in [7, 11) is 0. The molecule has 0 radical (unpaired) electrons. The maximum absolute atomic E-state index is 10.4. The van der Waals surface area contributed by atoms with E-state index in [2.05, 4.69) is 0 Å². The Labute approximate surface area is 373 Å². The average Bonchev–Trinajstić information content (AvgIpc) is 4.04. The van der Waals surface area contributed by atoms with Gasteiger partial charge in [-0.25, -0.2) is 0 Å². The van der Waals surface area contributed by atoms with Crippen LogP contribution < -0.4 is 0 Å². The number of hydrogen-bond donors (Lipinski definition) is 0. The van der Waals surface area contributed by atoms with Gasteiger partial charge >= 0.3 is 0 Å². The van der Waals surface area contributed by atoms with Crippen molar-refractivity contribution in [3.8, 4) is 55.6 Å². The summed E-state index contributed by atoms with van der Waals surface area (Å²) in [5.41, 5.74) is -3.87. The van der Waals surface area contributed by atoms with Gasteiger partial charge in [0.05, 0.1) is 16.4 Å². The predicted molar refractivity (Wildman–Crippen MR) is 258 cm³/mol. The van der Waals surface area contributed by atoms with Crippen LogP contribution in [-0.4, -0.2) is 0 Å². The summed E-state index contributed by atoms with van der Waals surface area (Å²) in [6, 6.07) is 30.8. The van der Waals surface area contributed by atoms with Crippen molar-refractivity contribution in [2.24, 2.45) is 0 Å². The van der Waals surface area contributed by atoms with Gasteiger partial charge in [-0.3, -0.25) is 0 Å². The Balaban J connectivity index is 1.26. The molecule has 0 saturated heterocycles. The molecule has 280 valence electrons. The Morgan fingerprint density at radius 3 is 1.48 bits per heavy atom. The van der Waals surface area contributed by atoms with Gasteiger partial charge < -0.3 is 0 Å². The van der Waals surface area contributed by atoms with E-state index in [4.69, 9.17) is 8.22 Å². The van der Waals surface area contributed by atoms with Crippen LogP contribution in [0.1, 0.15) is 54.6 Å². The van der Waals surface area contributed by atoms with Crippen LogP contribution in [0.3, 0.4) is 0 Å². The lowest BCUT2D eigenvalue weighted by molar-refractivity contribution is 0.565. The molecule has 0 heterocycles. The van der Waals surface area contributed by atoms with Gasteiger partial charge in [0.15, 0.2) is 0 Å². The van der Waals surface area contributed by atoms with Crippen LogP contribution in [0.25, 0.3) is 120 Å². The second-order valence-corrected chi connectivity index (χ2v) is 15.6. The summed E-state index contributed by atoms with van der Waals surface area (Å²) in [6.07, 6.45) is -2.92. The van der Waals surface area contributed by atoms with Crippen molar-refractivity contribution in [3.63, 3.8) is 0 Å². The molecule has 0 spiro atoms. The molecule has 60 heavy (non-hydrogen) atoms. The quantitative estimate of drug-likeness (QED) is 0.153. The zero-order chi connectivity index (χ0) is 54.4. The summed E-state index contributed by atoms with van der Waals surface area (Å²) in [6.45, 7) is -2.52. The number of benzene rings is 12. The molecule has 0 N–H and O–H groups in total. The van der Waals surface area contributed by atoms with Gasteiger partial charge in [0.1, 0.15) is 0 Å².